The van der Waals surface area contributed by atoms with Crippen molar-refractivity contribution in [2.75, 3.05) is 11.1 Å². The van der Waals surface area contributed by atoms with Crippen molar-refractivity contribution in [2.45, 2.75) is 26.3 Å². The molecule has 90 valence electrons. The topological polar surface area (TPSA) is 38.0 Å². The van der Waals surface area contributed by atoms with E-state index in [2.05, 4.69) is 43.4 Å². The van der Waals surface area contributed by atoms with Crippen LogP contribution in [0.25, 0.3) is 0 Å². The molecule has 0 atom stereocenters. The minimum Gasteiger partial charge on any atom is -0.398 e. The molecule has 0 amide bonds. The van der Waals surface area contributed by atoms with Gasteiger partial charge in [0.05, 0.1) is 6.54 Å². The molecule has 3 heteroatoms. The van der Waals surface area contributed by atoms with Crippen LogP contribution in [-0.2, 0) is 6.54 Å². The largest absolute Gasteiger partial charge is 0.398 e. The smallest absolute Gasteiger partial charge is 0.0514 e. The first kappa shape index (κ1) is 12.0. The van der Waals surface area contributed by atoms with Crippen LogP contribution in [0.2, 0.25) is 0 Å². The molecule has 1 aromatic heterocycles. The van der Waals surface area contributed by atoms with Crippen molar-refractivity contribution in [3.05, 3.63) is 46.2 Å². The summed E-state index contributed by atoms with van der Waals surface area (Å²) < 4.78 is 0. The summed E-state index contributed by atoms with van der Waals surface area (Å²) in [6.45, 7) is 5.22. The highest BCUT2D eigenvalue weighted by atomic mass is 32.1. The van der Waals surface area contributed by atoms with Gasteiger partial charge >= 0.3 is 0 Å². The van der Waals surface area contributed by atoms with Gasteiger partial charge in [-0.25, -0.2) is 0 Å². The molecular weight excluding hydrogens is 228 g/mol. The molecule has 2 nitrogen and oxygen atoms in total. The van der Waals surface area contributed by atoms with Gasteiger partial charge in [0, 0.05) is 16.3 Å². The molecule has 0 spiro atoms. The van der Waals surface area contributed by atoms with E-state index >= 15 is 0 Å². The van der Waals surface area contributed by atoms with E-state index < -0.39 is 0 Å². The van der Waals surface area contributed by atoms with Gasteiger partial charge in [0.25, 0.3) is 0 Å². The maximum atomic E-state index is 5.87. The van der Waals surface area contributed by atoms with Crippen LogP contribution in [0.3, 0.4) is 0 Å². The van der Waals surface area contributed by atoms with Gasteiger partial charge in [-0.1, -0.05) is 32.0 Å². The number of nitrogens with two attached hydrogens (primary N) is 1. The maximum Gasteiger partial charge on any atom is 0.0514 e. The highest BCUT2D eigenvalue weighted by Crippen LogP contribution is 2.26. The Balaban J connectivity index is 2.11. The van der Waals surface area contributed by atoms with E-state index in [1.54, 1.807) is 11.3 Å². The van der Waals surface area contributed by atoms with E-state index in [1.807, 2.05) is 11.4 Å². The van der Waals surface area contributed by atoms with Crippen LogP contribution >= 0.6 is 11.3 Å². The Bertz CT molecular complexity index is 488. The summed E-state index contributed by atoms with van der Waals surface area (Å²) in [7, 11) is 0. The lowest BCUT2D eigenvalue weighted by Gasteiger charge is -2.14. The normalized spacial score (nSPS) is 10.8. The first-order chi connectivity index (χ1) is 8.18. The van der Waals surface area contributed by atoms with E-state index in [0.717, 1.165) is 12.2 Å². The van der Waals surface area contributed by atoms with Crippen LogP contribution in [0.1, 0.15) is 30.2 Å². The van der Waals surface area contributed by atoms with Crippen molar-refractivity contribution in [3.8, 4) is 0 Å². The zero-order valence-electron chi connectivity index (χ0n) is 10.2. The van der Waals surface area contributed by atoms with Crippen LogP contribution in [0.5, 0.6) is 0 Å². The predicted octanol–water partition coefficient (Wildman–Crippen LogP) is 4.07. The quantitative estimate of drug-likeness (QED) is 0.853. The van der Waals surface area contributed by atoms with Gasteiger partial charge in [0.1, 0.15) is 0 Å². The zero-order valence-corrected chi connectivity index (χ0v) is 11.1. The van der Waals surface area contributed by atoms with E-state index in [4.69, 9.17) is 5.73 Å². The molecule has 0 aliphatic rings. The lowest BCUT2D eigenvalue weighted by molar-refractivity contribution is 0.866. The lowest BCUT2D eigenvalue weighted by Crippen LogP contribution is -2.03. The minimum atomic E-state index is 0.527. The molecule has 1 heterocycles. The van der Waals surface area contributed by atoms with Gasteiger partial charge in [-0.3, -0.25) is 0 Å². The number of benzene rings is 1. The minimum absolute atomic E-state index is 0.527. The third-order valence-electron chi connectivity index (χ3n) is 2.80. The van der Waals surface area contributed by atoms with Gasteiger partial charge in [-0.05, 0) is 29.0 Å². The van der Waals surface area contributed by atoms with Gasteiger partial charge in [-0.2, -0.15) is 0 Å². The number of hydrogen-bond donors (Lipinski definition) is 2. The van der Waals surface area contributed by atoms with Crippen LogP contribution in [0.15, 0.2) is 35.7 Å². The van der Waals surface area contributed by atoms with Crippen LogP contribution in [0.4, 0.5) is 11.4 Å². The third kappa shape index (κ3) is 2.80. The Labute approximate surface area is 106 Å². The Kier molecular flexibility index (Phi) is 3.69. The molecule has 0 aliphatic heterocycles. The van der Waals surface area contributed by atoms with Crippen molar-refractivity contribution in [1.29, 1.82) is 0 Å². The average Bonchev–Trinajstić information content (AvgIpc) is 2.72. The summed E-state index contributed by atoms with van der Waals surface area (Å²) >= 11 is 1.70. The number of nitrogens with one attached hydrogen (secondary N) is 1. The molecule has 0 bridgehead atoms. The Morgan fingerprint density at radius 3 is 2.65 bits per heavy atom. The molecule has 2 aromatic rings. The van der Waals surface area contributed by atoms with Crippen molar-refractivity contribution in [2.24, 2.45) is 0 Å². The second kappa shape index (κ2) is 5.23. The summed E-state index contributed by atoms with van der Waals surface area (Å²) in [5, 5.41) is 5.50. The predicted molar refractivity (Wildman–Crippen MR) is 76.6 cm³/mol. The van der Waals surface area contributed by atoms with E-state index in [0.29, 0.717) is 5.92 Å². The van der Waals surface area contributed by atoms with Gasteiger partial charge in [-0.15, -0.1) is 11.3 Å². The number of rotatable bonds is 4. The molecule has 0 saturated heterocycles. The zero-order chi connectivity index (χ0) is 12.3. The first-order valence-corrected chi connectivity index (χ1v) is 6.71. The molecule has 0 saturated carbocycles. The highest BCUT2D eigenvalue weighted by Gasteiger charge is 2.06. The Hall–Kier alpha value is -1.48. The summed E-state index contributed by atoms with van der Waals surface area (Å²) in [5.74, 6) is 0.527. The number of nitrogen functional groups attached to an aromatic ring is 1. The van der Waals surface area contributed by atoms with Gasteiger partial charge in [0.15, 0.2) is 0 Å². The molecule has 0 fully saturated rings. The molecule has 0 aliphatic carbocycles. The second-order valence-electron chi connectivity index (χ2n) is 4.39. The number of anilines is 2. The summed E-state index contributed by atoms with van der Waals surface area (Å²) in [6.07, 6.45) is 0. The summed E-state index contributed by atoms with van der Waals surface area (Å²) in [4.78, 5) is 1.20. The third-order valence-corrected chi connectivity index (χ3v) is 3.74. The van der Waals surface area contributed by atoms with Gasteiger partial charge < -0.3 is 11.1 Å². The number of thiophene rings is 1. The van der Waals surface area contributed by atoms with Crippen LogP contribution in [0, 0.1) is 0 Å². The molecule has 2 rings (SSSR count). The Morgan fingerprint density at radius 2 is 2.00 bits per heavy atom. The molecule has 3 N–H and O–H groups in total. The van der Waals surface area contributed by atoms with Crippen LogP contribution in [-0.4, -0.2) is 0 Å². The van der Waals surface area contributed by atoms with Crippen molar-refractivity contribution < 1.29 is 0 Å². The SMILES string of the molecule is CC(C)c1ccccc1NCc1sccc1N. The summed E-state index contributed by atoms with van der Waals surface area (Å²) in [5.41, 5.74) is 9.31. The van der Waals surface area contributed by atoms with Crippen molar-refractivity contribution >= 4 is 22.7 Å². The van der Waals surface area contributed by atoms with Crippen molar-refractivity contribution in [3.63, 3.8) is 0 Å². The van der Waals surface area contributed by atoms with E-state index in [1.165, 1.54) is 16.1 Å². The standard InChI is InChI=1S/C14H18N2S/c1-10(2)11-5-3-4-6-13(11)16-9-14-12(15)7-8-17-14/h3-8,10,16H,9,15H2,1-2H3. The number of hydrogen-bond acceptors (Lipinski definition) is 3. The molecule has 1 aromatic carbocycles. The fourth-order valence-corrected chi connectivity index (χ4v) is 2.57. The van der Waals surface area contributed by atoms with E-state index in [-0.39, 0.29) is 0 Å². The van der Waals surface area contributed by atoms with Gasteiger partial charge in [0.2, 0.25) is 0 Å². The lowest BCUT2D eigenvalue weighted by atomic mass is 10.0. The fraction of sp³-hybridized carbons (Fsp3) is 0.286. The fourth-order valence-electron chi connectivity index (χ4n) is 1.83. The molecular formula is C14H18N2S. The monoisotopic (exact) mass is 246 g/mol. The maximum absolute atomic E-state index is 5.87. The first-order valence-electron chi connectivity index (χ1n) is 5.83. The van der Waals surface area contributed by atoms with Crippen LogP contribution < -0.4 is 11.1 Å². The average molecular weight is 246 g/mol. The molecule has 17 heavy (non-hydrogen) atoms. The van der Waals surface area contributed by atoms with Crippen molar-refractivity contribution in [1.82, 2.24) is 0 Å². The number of para-hydroxylation sites is 1. The Morgan fingerprint density at radius 1 is 1.24 bits per heavy atom. The summed E-state index contributed by atoms with van der Waals surface area (Å²) in [6, 6.07) is 10.4. The second-order valence-corrected chi connectivity index (χ2v) is 5.40. The molecule has 0 unspecified atom stereocenters. The van der Waals surface area contributed by atoms with E-state index in [9.17, 15) is 0 Å². The highest BCUT2D eigenvalue weighted by molar-refractivity contribution is 7.10. The molecule has 0 radical (unpaired) electrons.